The molecule has 0 amide bonds. The van der Waals surface area contributed by atoms with Gasteiger partial charge in [-0.2, -0.15) is 0 Å². The Morgan fingerprint density at radius 1 is 1.44 bits per heavy atom. The topological polar surface area (TPSA) is 56.1 Å². The van der Waals surface area contributed by atoms with Crippen LogP contribution in [-0.2, 0) is 16.1 Å². The molecule has 18 heavy (non-hydrogen) atoms. The lowest BCUT2D eigenvalue weighted by molar-refractivity contribution is -0.143. The lowest BCUT2D eigenvalue weighted by Gasteiger charge is -2.08. The van der Waals surface area contributed by atoms with Crippen molar-refractivity contribution < 1.29 is 9.53 Å². The summed E-state index contributed by atoms with van der Waals surface area (Å²) >= 11 is 0. The van der Waals surface area contributed by atoms with Crippen LogP contribution in [0.2, 0.25) is 0 Å². The van der Waals surface area contributed by atoms with E-state index in [1.54, 1.807) is 0 Å². The van der Waals surface area contributed by atoms with Crippen LogP contribution < -0.4 is 5.32 Å². The van der Waals surface area contributed by atoms with E-state index in [0.29, 0.717) is 19.6 Å². The number of ether oxygens (including phenoxy) is 1. The van der Waals surface area contributed by atoms with Gasteiger partial charge in [0.05, 0.1) is 24.1 Å². The summed E-state index contributed by atoms with van der Waals surface area (Å²) in [6.45, 7) is 2.79. The third-order valence-electron chi connectivity index (χ3n) is 2.72. The summed E-state index contributed by atoms with van der Waals surface area (Å²) in [5.74, 6) is 0.581. The predicted molar refractivity (Wildman–Crippen MR) is 70.5 cm³/mol. The molecule has 0 radical (unpaired) electrons. The number of aromatic nitrogens is 2. The molecule has 2 rings (SSSR count). The fraction of sp³-hybridized carbons (Fsp3) is 0.385. The molecule has 0 aliphatic rings. The molecule has 96 valence electrons. The molecule has 1 N–H and O–H groups in total. The summed E-state index contributed by atoms with van der Waals surface area (Å²) in [5.41, 5.74) is 1.94. The van der Waals surface area contributed by atoms with E-state index in [1.807, 2.05) is 42.8 Å². The first-order chi connectivity index (χ1) is 8.76. The molecule has 5 heteroatoms. The van der Waals surface area contributed by atoms with Crippen LogP contribution in [0.15, 0.2) is 24.3 Å². The van der Waals surface area contributed by atoms with Crippen LogP contribution >= 0.6 is 0 Å². The molecule has 0 spiro atoms. The molecule has 0 aliphatic carbocycles. The molecule has 0 saturated heterocycles. The van der Waals surface area contributed by atoms with E-state index in [9.17, 15) is 4.79 Å². The van der Waals surface area contributed by atoms with Gasteiger partial charge in [-0.1, -0.05) is 12.1 Å². The predicted octanol–water partition coefficient (Wildman–Crippen LogP) is 2.03. The van der Waals surface area contributed by atoms with Crippen molar-refractivity contribution in [3.63, 3.8) is 0 Å². The number of carbonyl (C=O) groups excluding carboxylic acids is 1. The van der Waals surface area contributed by atoms with Crippen LogP contribution in [0.5, 0.6) is 0 Å². The highest BCUT2D eigenvalue weighted by atomic mass is 16.5. The number of carbonyl (C=O) groups is 1. The number of hydrogen-bond donors (Lipinski definition) is 1. The summed E-state index contributed by atoms with van der Waals surface area (Å²) in [6, 6.07) is 7.86. The Bertz CT molecular complexity index is 548. The number of benzene rings is 1. The standard InChI is InChI=1S/C13H17N3O2/c1-3-18-12(17)8-9-16-11-7-5-4-6-10(11)15-13(16)14-2/h4-7H,3,8-9H2,1-2H3,(H,14,15). The average molecular weight is 247 g/mol. The van der Waals surface area contributed by atoms with E-state index in [1.165, 1.54) is 0 Å². The Kier molecular flexibility index (Phi) is 3.82. The minimum Gasteiger partial charge on any atom is -0.466 e. The van der Waals surface area contributed by atoms with Crippen molar-refractivity contribution >= 4 is 23.0 Å². The molecule has 1 heterocycles. The van der Waals surface area contributed by atoms with E-state index in [2.05, 4.69) is 10.3 Å². The maximum Gasteiger partial charge on any atom is 0.307 e. The summed E-state index contributed by atoms with van der Waals surface area (Å²) in [7, 11) is 1.82. The van der Waals surface area contributed by atoms with Gasteiger partial charge in [-0.3, -0.25) is 4.79 Å². The third-order valence-corrected chi connectivity index (χ3v) is 2.72. The van der Waals surface area contributed by atoms with Crippen LogP contribution in [0.4, 0.5) is 5.95 Å². The Morgan fingerprint density at radius 2 is 2.22 bits per heavy atom. The second-order valence-electron chi connectivity index (χ2n) is 3.88. The van der Waals surface area contributed by atoms with Gasteiger partial charge in [-0.15, -0.1) is 0 Å². The van der Waals surface area contributed by atoms with Gasteiger partial charge < -0.3 is 14.6 Å². The minimum atomic E-state index is -0.183. The fourth-order valence-corrected chi connectivity index (χ4v) is 1.93. The number of nitrogens with zero attached hydrogens (tertiary/aromatic N) is 2. The average Bonchev–Trinajstić information content (AvgIpc) is 2.74. The van der Waals surface area contributed by atoms with E-state index in [4.69, 9.17) is 4.74 Å². The molecule has 0 bridgehead atoms. The molecule has 0 aliphatic heterocycles. The zero-order valence-electron chi connectivity index (χ0n) is 10.6. The van der Waals surface area contributed by atoms with E-state index >= 15 is 0 Å². The second-order valence-corrected chi connectivity index (χ2v) is 3.88. The van der Waals surface area contributed by atoms with Gasteiger partial charge in [-0.25, -0.2) is 4.98 Å². The molecule has 0 unspecified atom stereocenters. The summed E-state index contributed by atoms with van der Waals surface area (Å²) in [4.78, 5) is 15.9. The fourth-order valence-electron chi connectivity index (χ4n) is 1.93. The highest BCUT2D eigenvalue weighted by Gasteiger charge is 2.10. The number of anilines is 1. The first kappa shape index (κ1) is 12.4. The number of nitrogens with one attached hydrogen (secondary N) is 1. The smallest absolute Gasteiger partial charge is 0.307 e. The van der Waals surface area contributed by atoms with Crippen LogP contribution in [0.3, 0.4) is 0 Å². The molecule has 1 aromatic carbocycles. The lowest BCUT2D eigenvalue weighted by atomic mass is 10.3. The molecule has 0 saturated carbocycles. The summed E-state index contributed by atoms with van der Waals surface area (Å²) < 4.78 is 6.92. The molecule has 5 nitrogen and oxygen atoms in total. The van der Waals surface area contributed by atoms with Gasteiger partial charge in [-0.05, 0) is 19.1 Å². The zero-order chi connectivity index (χ0) is 13.0. The van der Waals surface area contributed by atoms with Crippen molar-refractivity contribution in [1.82, 2.24) is 9.55 Å². The lowest BCUT2D eigenvalue weighted by Crippen LogP contribution is -2.10. The van der Waals surface area contributed by atoms with Crippen molar-refractivity contribution in [2.45, 2.75) is 19.9 Å². The second kappa shape index (κ2) is 5.53. The zero-order valence-corrected chi connectivity index (χ0v) is 10.6. The first-order valence-corrected chi connectivity index (χ1v) is 6.05. The number of esters is 1. The Hall–Kier alpha value is -2.04. The number of imidazole rings is 1. The largest absolute Gasteiger partial charge is 0.466 e. The Balaban J connectivity index is 2.23. The normalized spacial score (nSPS) is 10.6. The summed E-state index contributed by atoms with van der Waals surface area (Å²) in [6.07, 6.45) is 0.350. The van der Waals surface area contributed by atoms with Crippen LogP contribution in [0, 0.1) is 0 Å². The number of aryl methyl sites for hydroxylation is 1. The number of rotatable bonds is 5. The first-order valence-electron chi connectivity index (χ1n) is 6.05. The summed E-state index contributed by atoms with van der Waals surface area (Å²) in [5, 5.41) is 3.04. The molecule has 1 aromatic heterocycles. The van der Waals surface area contributed by atoms with Crippen molar-refractivity contribution in [3.05, 3.63) is 24.3 Å². The molecular weight excluding hydrogens is 230 g/mol. The van der Waals surface area contributed by atoms with Gasteiger partial charge in [0.15, 0.2) is 0 Å². The molecule has 0 fully saturated rings. The SMILES string of the molecule is CCOC(=O)CCn1c(NC)nc2ccccc21. The van der Waals surface area contributed by atoms with Crippen molar-refractivity contribution in [3.8, 4) is 0 Å². The van der Waals surface area contributed by atoms with Crippen molar-refractivity contribution in [2.75, 3.05) is 19.0 Å². The van der Waals surface area contributed by atoms with Crippen LogP contribution in [-0.4, -0.2) is 29.2 Å². The third kappa shape index (κ3) is 2.45. The van der Waals surface area contributed by atoms with E-state index < -0.39 is 0 Å². The van der Waals surface area contributed by atoms with Crippen molar-refractivity contribution in [1.29, 1.82) is 0 Å². The number of para-hydroxylation sites is 2. The Labute approximate surface area is 106 Å². The van der Waals surface area contributed by atoms with Gasteiger partial charge in [0.2, 0.25) is 5.95 Å². The Morgan fingerprint density at radius 3 is 2.94 bits per heavy atom. The maximum atomic E-state index is 11.4. The molecular formula is C13H17N3O2. The quantitative estimate of drug-likeness (QED) is 0.821. The van der Waals surface area contributed by atoms with Crippen LogP contribution in [0.1, 0.15) is 13.3 Å². The maximum absolute atomic E-state index is 11.4. The van der Waals surface area contributed by atoms with Crippen LogP contribution in [0.25, 0.3) is 11.0 Å². The molecule has 0 atom stereocenters. The van der Waals surface area contributed by atoms with Gasteiger partial charge in [0, 0.05) is 13.6 Å². The highest BCUT2D eigenvalue weighted by molar-refractivity contribution is 5.79. The highest BCUT2D eigenvalue weighted by Crippen LogP contribution is 2.19. The minimum absolute atomic E-state index is 0.183. The van der Waals surface area contributed by atoms with Gasteiger partial charge >= 0.3 is 5.97 Å². The number of hydrogen-bond acceptors (Lipinski definition) is 4. The monoisotopic (exact) mass is 247 g/mol. The van der Waals surface area contributed by atoms with Crippen molar-refractivity contribution in [2.24, 2.45) is 0 Å². The van der Waals surface area contributed by atoms with Gasteiger partial charge in [0.25, 0.3) is 0 Å². The van der Waals surface area contributed by atoms with Gasteiger partial charge in [0.1, 0.15) is 0 Å². The molecule has 2 aromatic rings. The van der Waals surface area contributed by atoms with E-state index in [-0.39, 0.29) is 5.97 Å². The number of fused-ring (bicyclic) bond motifs is 1. The van der Waals surface area contributed by atoms with E-state index in [0.717, 1.165) is 17.0 Å².